The smallest absolute Gasteiger partial charge is 0.346 e. The molecule has 1 heterocycles. The number of benzene rings is 2. The molecular weight excluding hydrogens is 320 g/mol. The molecule has 5 heteroatoms. The van der Waals surface area contributed by atoms with Gasteiger partial charge in [-0.25, -0.2) is 4.79 Å². The number of ketones is 1. The van der Waals surface area contributed by atoms with Gasteiger partial charge in [-0.05, 0) is 37.6 Å². The van der Waals surface area contributed by atoms with Gasteiger partial charge in [0.2, 0.25) is 5.78 Å². The Morgan fingerprint density at radius 1 is 1.16 bits per heavy atom. The number of allylic oxidation sites excluding steroid dienone is 1. The fraction of sp³-hybridized carbons (Fsp3) is 0.200. The number of hydrogen-bond acceptors (Lipinski definition) is 5. The maximum Gasteiger partial charge on any atom is 0.346 e. The lowest BCUT2D eigenvalue weighted by atomic mass is 10.1. The second kappa shape index (κ2) is 6.81. The second-order valence-electron chi connectivity index (χ2n) is 5.79. The lowest BCUT2D eigenvalue weighted by Gasteiger charge is -2.12. The number of ether oxygens (including phenoxy) is 3. The van der Waals surface area contributed by atoms with Crippen LogP contribution in [0, 0.1) is 6.92 Å². The molecule has 5 nitrogen and oxygen atoms in total. The van der Waals surface area contributed by atoms with Crippen molar-refractivity contribution in [1.82, 2.24) is 0 Å². The van der Waals surface area contributed by atoms with Gasteiger partial charge < -0.3 is 14.2 Å². The van der Waals surface area contributed by atoms with Gasteiger partial charge >= 0.3 is 5.97 Å². The summed E-state index contributed by atoms with van der Waals surface area (Å²) in [6, 6.07) is 12.7. The van der Waals surface area contributed by atoms with Crippen LogP contribution in [-0.4, -0.2) is 25.0 Å². The van der Waals surface area contributed by atoms with Crippen LogP contribution >= 0.6 is 0 Å². The molecule has 0 amide bonds. The van der Waals surface area contributed by atoms with Crippen LogP contribution < -0.4 is 9.47 Å². The van der Waals surface area contributed by atoms with Crippen molar-refractivity contribution in [1.29, 1.82) is 0 Å². The van der Waals surface area contributed by atoms with Gasteiger partial charge in [0.05, 0.1) is 12.7 Å². The van der Waals surface area contributed by atoms with Crippen molar-refractivity contribution in [2.75, 3.05) is 7.11 Å². The predicted octanol–water partition coefficient (Wildman–Crippen LogP) is 3.55. The Morgan fingerprint density at radius 3 is 2.56 bits per heavy atom. The number of fused-ring (bicyclic) bond motifs is 1. The molecule has 0 radical (unpaired) electrons. The lowest BCUT2D eigenvalue weighted by molar-refractivity contribution is -0.147. The highest BCUT2D eigenvalue weighted by Crippen LogP contribution is 2.35. The minimum atomic E-state index is -0.747. The molecule has 128 valence electrons. The van der Waals surface area contributed by atoms with E-state index in [4.69, 9.17) is 9.47 Å². The van der Waals surface area contributed by atoms with Gasteiger partial charge in [0.25, 0.3) is 0 Å². The summed E-state index contributed by atoms with van der Waals surface area (Å²) >= 11 is 0. The summed E-state index contributed by atoms with van der Waals surface area (Å²) < 4.78 is 15.8. The van der Waals surface area contributed by atoms with Gasteiger partial charge in [-0.1, -0.05) is 29.8 Å². The summed E-state index contributed by atoms with van der Waals surface area (Å²) in [5, 5.41) is 0. The van der Waals surface area contributed by atoms with E-state index in [-0.39, 0.29) is 11.5 Å². The van der Waals surface area contributed by atoms with E-state index in [0.29, 0.717) is 17.1 Å². The summed E-state index contributed by atoms with van der Waals surface area (Å²) in [5.41, 5.74) is 2.50. The van der Waals surface area contributed by atoms with Crippen LogP contribution in [0.25, 0.3) is 6.08 Å². The van der Waals surface area contributed by atoms with Gasteiger partial charge in [0.15, 0.2) is 11.9 Å². The first-order chi connectivity index (χ1) is 12.0. The molecule has 0 aliphatic carbocycles. The number of hydrogen-bond donors (Lipinski definition) is 0. The zero-order valence-electron chi connectivity index (χ0n) is 14.2. The fourth-order valence-corrected chi connectivity index (χ4v) is 2.47. The Labute approximate surface area is 145 Å². The number of carbonyl (C=O) groups is 2. The number of Topliss-reactive ketones (excluding diaryl/α,β-unsaturated/α-hetero) is 1. The third kappa shape index (κ3) is 3.55. The summed E-state index contributed by atoms with van der Waals surface area (Å²) in [6.07, 6.45) is 0.960. The number of carbonyl (C=O) groups excluding carboxylic acids is 2. The van der Waals surface area contributed by atoms with Crippen molar-refractivity contribution in [2.24, 2.45) is 0 Å². The van der Waals surface area contributed by atoms with Gasteiger partial charge in [-0.2, -0.15) is 0 Å². The van der Waals surface area contributed by atoms with Crippen molar-refractivity contribution in [3.8, 4) is 11.5 Å². The van der Waals surface area contributed by atoms with Crippen LogP contribution in [0.1, 0.15) is 28.4 Å². The fourth-order valence-electron chi connectivity index (χ4n) is 2.47. The second-order valence-corrected chi connectivity index (χ2v) is 5.79. The van der Waals surface area contributed by atoms with E-state index in [1.54, 1.807) is 31.2 Å². The summed E-state index contributed by atoms with van der Waals surface area (Å²) in [7, 11) is 1.30. The number of esters is 1. The topological polar surface area (TPSA) is 61.8 Å². The van der Waals surface area contributed by atoms with Gasteiger partial charge in [0, 0.05) is 6.07 Å². The van der Waals surface area contributed by atoms with Crippen LogP contribution in [0.3, 0.4) is 0 Å². The minimum Gasteiger partial charge on any atom is -0.479 e. The third-order valence-corrected chi connectivity index (χ3v) is 3.86. The molecule has 0 saturated carbocycles. The van der Waals surface area contributed by atoms with Crippen LogP contribution in [0.5, 0.6) is 11.5 Å². The molecule has 3 rings (SSSR count). The maximum atomic E-state index is 12.4. The molecule has 25 heavy (non-hydrogen) atoms. The van der Waals surface area contributed by atoms with E-state index >= 15 is 0 Å². The monoisotopic (exact) mass is 338 g/mol. The molecule has 0 saturated heterocycles. The van der Waals surface area contributed by atoms with Crippen LogP contribution in [0.4, 0.5) is 0 Å². The van der Waals surface area contributed by atoms with E-state index in [0.717, 1.165) is 11.1 Å². The van der Waals surface area contributed by atoms with Crippen molar-refractivity contribution < 1.29 is 23.8 Å². The van der Waals surface area contributed by atoms with Crippen molar-refractivity contribution in [3.05, 3.63) is 64.9 Å². The molecule has 2 aromatic rings. The summed E-state index contributed by atoms with van der Waals surface area (Å²) in [5.74, 6) is 0.455. The molecule has 0 fully saturated rings. The SMILES string of the molecule is COC(=O)C(C)Oc1ccc2c(c1)OC(=Cc1ccc(C)cc1)C2=O. The largest absolute Gasteiger partial charge is 0.479 e. The maximum absolute atomic E-state index is 12.4. The predicted molar refractivity (Wildman–Crippen MR) is 92.7 cm³/mol. The molecule has 0 N–H and O–H groups in total. The highest BCUT2D eigenvalue weighted by molar-refractivity contribution is 6.14. The first-order valence-electron chi connectivity index (χ1n) is 7.87. The normalized spacial score (nSPS) is 15.5. The zero-order valence-corrected chi connectivity index (χ0v) is 14.2. The van der Waals surface area contributed by atoms with Crippen LogP contribution in [0.15, 0.2) is 48.2 Å². The number of methoxy groups -OCH3 is 1. The van der Waals surface area contributed by atoms with E-state index in [2.05, 4.69) is 4.74 Å². The average Bonchev–Trinajstić information content (AvgIpc) is 2.91. The van der Waals surface area contributed by atoms with Gasteiger partial charge in [-0.15, -0.1) is 0 Å². The number of rotatable bonds is 4. The van der Waals surface area contributed by atoms with E-state index in [1.807, 2.05) is 31.2 Å². The van der Waals surface area contributed by atoms with Gasteiger partial charge in [0.1, 0.15) is 11.5 Å². The Hall–Kier alpha value is -3.08. The van der Waals surface area contributed by atoms with Crippen LogP contribution in [0.2, 0.25) is 0 Å². The Morgan fingerprint density at radius 2 is 1.88 bits per heavy atom. The number of aryl methyl sites for hydroxylation is 1. The highest BCUT2D eigenvalue weighted by atomic mass is 16.6. The summed E-state index contributed by atoms with van der Waals surface area (Å²) in [6.45, 7) is 3.59. The van der Waals surface area contributed by atoms with E-state index in [1.165, 1.54) is 7.11 Å². The molecule has 1 atom stereocenters. The van der Waals surface area contributed by atoms with Crippen molar-refractivity contribution in [2.45, 2.75) is 20.0 Å². The quantitative estimate of drug-likeness (QED) is 0.630. The third-order valence-electron chi connectivity index (χ3n) is 3.86. The van der Waals surface area contributed by atoms with Crippen molar-refractivity contribution >= 4 is 17.8 Å². The standard InChI is InChI=1S/C20H18O5/c1-12-4-6-14(7-5-12)10-18-19(21)16-9-8-15(11-17(16)25-18)24-13(2)20(22)23-3/h4-11,13H,1-3H3. The molecular formula is C20H18O5. The Kier molecular flexibility index (Phi) is 4.57. The molecule has 0 spiro atoms. The van der Waals surface area contributed by atoms with Crippen LogP contribution in [-0.2, 0) is 9.53 Å². The molecule has 1 unspecified atom stereocenters. The van der Waals surface area contributed by atoms with Gasteiger partial charge in [-0.3, -0.25) is 4.79 Å². The lowest BCUT2D eigenvalue weighted by Crippen LogP contribution is -2.24. The average molecular weight is 338 g/mol. The Balaban J connectivity index is 1.81. The summed E-state index contributed by atoms with van der Waals surface area (Å²) in [4.78, 5) is 23.9. The molecule has 1 aliphatic rings. The molecule has 0 bridgehead atoms. The first kappa shape index (κ1) is 16.8. The minimum absolute atomic E-state index is 0.178. The molecule has 2 aromatic carbocycles. The van der Waals surface area contributed by atoms with E-state index in [9.17, 15) is 9.59 Å². The highest BCUT2D eigenvalue weighted by Gasteiger charge is 2.28. The molecule has 1 aliphatic heterocycles. The van der Waals surface area contributed by atoms with E-state index < -0.39 is 12.1 Å². The molecule has 0 aromatic heterocycles. The first-order valence-corrected chi connectivity index (χ1v) is 7.87. The Bertz CT molecular complexity index is 849. The zero-order chi connectivity index (χ0) is 18.0. The van der Waals surface area contributed by atoms with Crippen molar-refractivity contribution in [3.63, 3.8) is 0 Å².